The van der Waals surface area contributed by atoms with Gasteiger partial charge in [-0.05, 0) is 42.0 Å². The summed E-state index contributed by atoms with van der Waals surface area (Å²) in [6.45, 7) is 4.53. The van der Waals surface area contributed by atoms with Gasteiger partial charge in [0.2, 0.25) is 0 Å². The molecule has 3 rings (SSSR count). The van der Waals surface area contributed by atoms with E-state index in [4.69, 9.17) is 0 Å². The van der Waals surface area contributed by atoms with Crippen LogP contribution in [0.3, 0.4) is 0 Å². The van der Waals surface area contributed by atoms with Gasteiger partial charge in [0.15, 0.2) is 0 Å². The first-order valence-corrected chi connectivity index (χ1v) is 8.40. The molecule has 19 heavy (non-hydrogen) atoms. The van der Waals surface area contributed by atoms with Gasteiger partial charge in [0.25, 0.3) is 0 Å². The van der Waals surface area contributed by atoms with Crippen molar-refractivity contribution >= 4 is 23.1 Å². The first kappa shape index (κ1) is 13.2. The molecule has 0 radical (unpaired) electrons. The second-order valence-corrected chi connectivity index (χ2v) is 7.68. The maximum absolute atomic E-state index is 4.21. The molecule has 0 bridgehead atoms. The highest BCUT2D eigenvalue weighted by Crippen LogP contribution is 2.44. The number of thiophene rings is 1. The van der Waals surface area contributed by atoms with Crippen LogP contribution in [0.5, 0.6) is 0 Å². The zero-order valence-corrected chi connectivity index (χ0v) is 12.8. The molecule has 2 aromatic rings. The van der Waals surface area contributed by atoms with Crippen LogP contribution < -0.4 is 5.32 Å². The van der Waals surface area contributed by atoms with Crippen molar-refractivity contribution in [3.63, 3.8) is 0 Å². The number of rotatable bonds is 3. The monoisotopic (exact) mass is 290 g/mol. The zero-order chi connectivity index (χ0) is 13.2. The van der Waals surface area contributed by atoms with Gasteiger partial charge in [0.05, 0.1) is 4.21 Å². The van der Waals surface area contributed by atoms with Crippen LogP contribution in [-0.2, 0) is 0 Å². The molecule has 0 saturated carbocycles. The minimum absolute atomic E-state index is 0.335. The van der Waals surface area contributed by atoms with Crippen LogP contribution in [0.15, 0.2) is 40.2 Å². The Kier molecular flexibility index (Phi) is 3.91. The van der Waals surface area contributed by atoms with E-state index in [0.29, 0.717) is 17.3 Å². The second-order valence-electron chi connectivity index (χ2n) is 5.05. The van der Waals surface area contributed by atoms with Crippen molar-refractivity contribution in [1.29, 1.82) is 0 Å². The normalized spacial score (nSPS) is 23.9. The number of thioether (sulfide) groups is 1. The molecule has 3 atom stereocenters. The Morgan fingerprint density at radius 2 is 2.32 bits per heavy atom. The van der Waals surface area contributed by atoms with E-state index in [-0.39, 0.29) is 0 Å². The fourth-order valence-corrected chi connectivity index (χ4v) is 5.10. The summed E-state index contributed by atoms with van der Waals surface area (Å²) in [5.74, 6) is 0. The standard InChI is InChI=1S/C15H18N2S2/c1-10-8-14(13-5-7-18-15(13)19-10)17-11(2)12-4-3-6-16-9-12/h3-7,9-11,14,17H,8H2,1-2H3/t10-,11?,14?/m0/s1. The molecule has 0 saturated heterocycles. The molecule has 1 aliphatic rings. The number of hydrogen-bond acceptors (Lipinski definition) is 4. The minimum atomic E-state index is 0.335. The first-order valence-electron chi connectivity index (χ1n) is 6.64. The van der Waals surface area contributed by atoms with Crippen LogP contribution in [-0.4, -0.2) is 10.2 Å². The van der Waals surface area contributed by atoms with Gasteiger partial charge >= 0.3 is 0 Å². The van der Waals surface area contributed by atoms with Gasteiger partial charge in [-0.15, -0.1) is 23.1 Å². The second kappa shape index (κ2) is 5.65. The van der Waals surface area contributed by atoms with E-state index >= 15 is 0 Å². The molecular formula is C15H18N2S2. The van der Waals surface area contributed by atoms with Crippen molar-refractivity contribution < 1.29 is 0 Å². The van der Waals surface area contributed by atoms with Crippen molar-refractivity contribution in [3.05, 3.63) is 47.1 Å². The smallest absolute Gasteiger partial charge is 0.0649 e. The molecular weight excluding hydrogens is 272 g/mol. The van der Waals surface area contributed by atoms with Crippen molar-refractivity contribution in [2.45, 2.75) is 41.8 Å². The predicted molar refractivity (Wildman–Crippen MR) is 82.8 cm³/mol. The Morgan fingerprint density at radius 3 is 3.11 bits per heavy atom. The summed E-state index contributed by atoms with van der Waals surface area (Å²) in [4.78, 5) is 4.21. The highest BCUT2D eigenvalue weighted by atomic mass is 32.2. The predicted octanol–water partition coefficient (Wildman–Crippen LogP) is 4.42. The van der Waals surface area contributed by atoms with Gasteiger partial charge in [-0.1, -0.05) is 13.0 Å². The average molecular weight is 290 g/mol. The third-order valence-corrected chi connectivity index (χ3v) is 5.89. The van der Waals surface area contributed by atoms with E-state index in [1.807, 2.05) is 41.6 Å². The topological polar surface area (TPSA) is 24.9 Å². The van der Waals surface area contributed by atoms with Crippen LogP contribution in [0.4, 0.5) is 0 Å². The largest absolute Gasteiger partial charge is 0.303 e. The third-order valence-electron chi connectivity index (χ3n) is 3.55. The van der Waals surface area contributed by atoms with Crippen LogP contribution >= 0.6 is 23.1 Å². The van der Waals surface area contributed by atoms with Crippen molar-refractivity contribution in [1.82, 2.24) is 10.3 Å². The quantitative estimate of drug-likeness (QED) is 0.906. The lowest BCUT2D eigenvalue weighted by molar-refractivity contribution is 0.435. The Morgan fingerprint density at radius 1 is 1.42 bits per heavy atom. The summed E-state index contributed by atoms with van der Waals surface area (Å²) < 4.78 is 1.48. The lowest BCUT2D eigenvalue weighted by atomic mass is 10.0. The van der Waals surface area contributed by atoms with E-state index in [9.17, 15) is 0 Å². The summed E-state index contributed by atoms with van der Waals surface area (Å²) in [7, 11) is 0. The molecule has 0 spiro atoms. The summed E-state index contributed by atoms with van der Waals surface area (Å²) in [6, 6.07) is 7.21. The average Bonchev–Trinajstić information content (AvgIpc) is 2.88. The Labute approximate surface area is 122 Å². The molecule has 1 aliphatic heterocycles. The van der Waals surface area contributed by atoms with Gasteiger partial charge in [0, 0.05) is 29.7 Å². The van der Waals surface area contributed by atoms with Crippen LogP contribution in [0.1, 0.15) is 43.5 Å². The summed E-state index contributed by atoms with van der Waals surface area (Å²) in [5.41, 5.74) is 2.73. The zero-order valence-electron chi connectivity index (χ0n) is 11.2. The lowest BCUT2D eigenvalue weighted by Gasteiger charge is -2.30. The minimum Gasteiger partial charge on any atom is -0.303 e. The number of pyridine rings is 1. The van der Waals surface area contributed by atoms with Crippen molar-refractivity contribution in [3.8, 4) is 0 Å². The van der Waals surface area contributed by atoms with Crippen LogP contribution in [0.2, 0.25) is 0 Å². The Hall–Kier alpha value is -0.840. The first-order chi connectivity index (χ1) is 9.24. The molecule has 2 aromatic heterocycles. The van der Waals surface area contributed by atoms with Crippen molar-refractivity contribution in [2.24, 2.45) is 0 Å². The lowest BCUT2D eigenvalue weighted by Crippen LogP contribution is -2.28. The molecule has 2 unspecified atom stereocenters. The van der Waals surface area contributed by atoms with E-state index in [1.54, 1.807) is 0 Å². The fourth-order valence-electron chi connectivity index (χ4n) is 2.54. The van der Waals surface area contributed by atoms with E-state index in [1.165, 1.54) is 21.8 Å². The summed E-state index contributed by atoms with van der Waals surface area (Å²) in [6.07, 6.45) is 4.97. The van der Waals surface area contributed by atoms with Crippen LogP contribution in [0, 0.1) is 0 Å². The molecule has 2 nitrogen and oxygen atoms in total. The Bertz CT molecular complexity index is 538. The highest BCUT2D eigenvalue weighted by molar-refractivity contribution is 8.01. The molecule has 0 fully saturated rings. The fraction of sp³-hybridized carbons (Fsp3) is 0.400. The molecule has 1 N–H and O–H groups in total. The van der Waals surface area contributed by atoms with Gasteiger partial charge in [-0.2, -0.15) is 0 Å². The number of hydrogen-bond donors (Lipinski definition) is 1. The maximum Gasteiger partial charge on any atom is 0.0649 e. The van der Waals surface area contributed by atoms with Gasteiger partial charge in [-0.3, -0.25) is 4.98 Å². The summed E-state index contributed by atoms with van der Waals surface area (Å²) >= 11 is 3.88. The van der Waals surface area contributed by atoms with Crippen molar-refractivity contribution in [2.75, 3.05) is 0 Å². The van der Waals surface area contributed by atoms with E-state index in [2.05, 4.69) is 41.7 Å². The summed E-state index contributed by atoms with van der Waals surface area (Å²) in [5, 5.41) is 6.65. The maximum atomic E-state index is 4.21. The molecule has 0 aliphatic carbocycles. The SMILES string of the molecule is CC(NC1C[C@H](C)Sc2sccc21)c1cccnc1. The molecule has 4 heteroatoms. The van der Waals surface area contributed by atoms with E-state index < -0.39 is 0 Å². The molecule has 3 heterocycles. The molecule has 0 aromatic carbocycles. The van der Waals surface area contributed by atoms with Gasteiger partial charge in [0.1, 0.15) is 0 Å². The number of nitrogens with one attached hydrogen (secondary N) is 1. The van der Waals surface area contributed by atoms with Gasteiger partial charge in [-0.25, -0.2) is 0 Å². The Balaban J connectivity index is 1.77. The number of fused-ring (bicyclic) bond motifs is 1. The number of aromatic nitrogens is 1. The highest BCUT2D eigenvalue weighted by Gasteiger charge is 2.27. The molecule has 0 amide bonds. The molecule has 100 valence electrons. The third kappa shape index (κ3) is 2.86. The van der Waals surface area contributed by atoms with Gasteiger partial charge < -0.3 is 5.32 Å². The number of nitrogens with zero attached hydrogens (tertiary/aromatic N) is 1. The van der Waals surface area contributed by atoms with Crippen LogP contribution in [0.25, 0.3) is 0 Å². The van der Waals surface area contributed by atoms with E-state index in [0.717, 1.165) is 0 Å².